The Bertz CT molecular complexity index is 531. The monoisotopic (exact) mass is 303 g/mol. The highest BCUT2D eigenvalue weighted by atomic mass is 35.5. The Kier molecular flexibility index (Phi) is 5.20. The minimum atomic E-state index is -3.52. The predicted octanol–water partition coefficient (Wildman–Crippen LogP) is 2.34. The number of halogens is 1. The number of nitrogens with one attached hydrogen (secondary N) is 2. The van der Waals surface area contributed by atoms with E-state index in [1.807, 2.05) is 6.07 Å². The van der Waals surface area contributed by atoms with E-state index in [1.54, 1.807) is 45.0 Å². The Morgan fingerprint density at radius 2 is 1.79 bits per heavy atom. The highest BCUT2D eigenvalue weighted by Gasteiger charge is 2.30. The molecule has 5 nitrogen and oxygen atoms in total. The van der Waals surface area contributed by atoms with Crippen molar-refractivity contribution in [2.24, 2.45) is 0 Å². The van der Waals surface area contributed by atoms with Crippen LogP contribution in [0.1, 0.15) is 20.8 Å². The fraction of sp³-hybridized carbons (Fsp3) is 0.417. The zero-order valence-electron chi connectivity index (χ0n) is 11.1. The Hall–Kier alpha value is -1.27. The maximum atomic E-state index is 12.4. The van der Waals surface area contributed by atoms with Crippen molar-refractivity contribution < 1.29 is 8.42 Å². The second-order valence-corrected chi connectivity index (χ2v) is 7.10. The number of benzene rings is 1. The molecule has 1 aromatic rings. The summed E-state index contributed by atoms with van der Waals surface area (Å²) in [5, 5.41) is 8.96. The van der Waals surface area contributed by atoms with Crippen LogP contribution in [0.2, 0.25) is 0 Å². The Morgan fingerprint density at radius 1 is 1.26 bits per heavy atom. The van der Waals surface area contributed by atoms with Gasteiger partial charge >= 0.3 is 0 Å². The van der Waals surface area contributed by atoms with Crippen molar-refractivity contribution in [1.29, 1.82) is 5.41 Å². The second-order valence-electron chi connectivity index (χ2n) is 4.36. The van der Waals surface area contributed by atoms with E-state index in [-0.39, 0.29) is 5.29 Å². The molecule has 0 aliphatic carbocycles. The minimum Gasteiger partial charge on any atom is -0.340 e. The quantitative estimate of drug-likeness (QED) is 0.379. The molecule has 7 heteroatoms. The predicted molar refractivity (Wildman–Crippen MR) is 79.2 cm³/mol. The van der Waals surface area contributed by atoms with Gasteiger partial charge in [-0.1, -0.05) is 18.2 Å². The normalized spacial score (nSPS) is 13.1. The molecule has 1 atom stereocenters. The van der Waals surface area contributed by atoms with Crippen LogP contribution in [0.15, 0.2) is 30.3 Å². The summed E-state index contributed by atoms with van der Waals surface area (Å²) in [5.41, 5.74) is 0.536. The van der Waals surface area contributed by atoms with Gasteiger partial charge in [0.1, 0.15) is 6.17 Å². The van der Waals surface area contributed by atoms with E-state index in [0.29, 0.717) is 5.69 Å². The van der Waals surface area contributed by atoms with E-state index in [9.17, 15) is 8.42 Å². The first kappa shape index (κ1) is 15.8. The summed E-state index contributed by atoms with van der Waals surface area (Å²) < 4.78 is 26.1. The fourth-order valence-electron chi connectivity index (χ4n) is 1.63. The SMILES string of the molecule is CC(NC(=N)Cl)N(c1ccccc1)S(=O)(=O)C(C)C. The van der Waals surface area contributed by atoms with Gasteiger partial charge in [-0.05, 0) is 44.5 Å². The molecule has 0 heterocycles. The smallest absolute Gasteiger partial charge is 0.239 e. The number of sulfonamides is 1. The van der Waals surface area contributed by atoms with Gasteiger partial charge in [-0.25, -0.2) is 12.7 Å². The van der Waals surface area contributed by atoms with Crippen LogP contribution in [0.4, 0.5) is 5.69 Å². The fourth-order valence-corrected chi connectivity index (χ4v) is 3.16. The maximum absolute atomic E-state index is 12.4. The van der Waals surface area contributed by atoms with E-state index < -0.39 is 21.4 Å². The van der Waals surface area contributed by atoms with E-state index in [2.05, 4.69) is 5.32 Å². The lowest BCUT2D eigenvalue weighted by Crippen LogP contribution is -2.50. The summed E-state index contributed by atoms with van der Waals surface area (Å²) in [7, 11) is -3.52. The van der Waals surface area contributed by atoms with Crippen LogP contribution in [0.5, 0.6) is 0 Å². The van der Waals surface area contributed by atoms with Crippen molar-refractivity contribution in [3.05, 3.63) is 30.3 Å². The molecule has 0 saturated heterocycles. The summed E-state index contributed by atoms with van der Waals surface area (Å²) >= 11 is 5.48. The molecule has 0 aromatic heterocycles. The molecule has 0 spiro atoms. The van der Waals surface area contributed by atoms with Crippen molar-refractivity contribution in [3.63, 3.8) is 0 Å². The molecule has 106 valence electrons. The molecule has 0 bridgehead atoms. The van der Waals surface area contributed by atoms with Crippen molar-refractivity contribution in [2.45, 2.75) is 32.2 Å². The van der Waals surface area contributed by atoms with Gasteiger partial charge in [-0.3, -0.25) is 5.41 Å². The lowest BCUT2D eigenvalue weighted by molar-refractivity contribution is 0.566. The van der Waals surface area contributed by atoms with Crippen molar-refractivity contribution in [2.75, 3.05) is 4.31 Å². The molecule has 1 rings (SSSR count). The number of nitrogens with zero attached hydrogens (tertiary/aromatic N) is 1. The third-order valence-electron chi connectivity index (χ3n) is 2.57. The molecule has 1 unspecified atom stereocenters. The van der Waals surface area contributed by atoms with Crippen LogP contribution in [-0.4, -0.2) is 25.1 Å². The van der Waals surface area contributed by atoms with Gasteiger partial charge in [0.15, 0.2) is 5.29 Å². The summed E-state index contributed by atoms with van der Waals surface area (Å²) in [5.74, 6) is 0. The number of para-hydroxylation sites is 1. The van der Waals surface area contributed by atoms with Crippen LogP contribution >= 0.6 is 11.6 Å². The average molecular weight is 304 g/mol. The highest BCUT2D eigenvalue weighted by molar-refractivity contribution is 7.93. The highest BCUT2D eigenvalue weighted by Crippen LogP contribution is 2.22. The molecule has 0 aliphatic heterocycles. The van der Waals surface area contributed by atoms with Gasteiger partial charge in [-0.15, -0.1) is 0 Å². The zero-order valence-corrected chi connectivity index (χ0v) is 12.7. The molecule has 1 aromatic carbocycles. The maximum Gasteiger partial charge on any atom is 0.239 e. The van der Waals surface area contributed by atoms with E-state index in [1.165, 1.54) is 4.31 Å². The van der Waals surface area contributed by atoms with Crippen molar-refractivity contribution in [3.8, 4) is 0 Å². The second kappa shape index (κ2) is 6.25. The first-order valence-corrected chi connectivity index (χ1v) is 7.73. The molecule has 0 aliphatic rings. The Labute approximate surface area is 119 Å². The summed E-state index contributed by atoms with van der Waals surface area (Å²) in [6, 6.07) is 8.74. The molecule has 0 fully saturated rings. The van der Waals surface area contributed by atoms with Crippen molar-refractivity contribution >= 4 is 32.6 Å². The Morgan fingerprint density at radius 3 is 2.21 bits per heavy atom. The zero-order chi connectivity index (χ0) is 14.6. The van der Waals surface area contributed by atoms with Crippen LogP contribution in [0, 0.1) is 5.41 Å². The number of anilines is 1. The van der Waals surface area contributed by atoms with Crippen LogP contribution in [0.3, 0.4) is 0 Å². The van der Waals surface area contributed by atoms with Crippen LogP contribution in [0.25, 0.3) is 0 Å². The third-order valence-corrected chi connectivity index (χ3v) is 4.94. The van der Waals surface area contributed by atoms with Gasteiger partial charge in [0.05, 0.1) is 10.9 Å². The van der Waals surface area contributed by atoms with Gasteiger partial charge in [-0.2, -0.15) is 0 Å². The molecule has 2 N–H and O–H groups in total. The average Bonchev–Trinajstić information content (AvgIpc) is 2.28. The summed E-state index contributed by atoms with van der Waals surface area (Å²) in [6.07, 6.45) is -0.639. The molecule has 0 saturated carbocycles. The molecular weight excluding hydrogens is 286 g/mol. The largest absolute Gasteiger partial charge is 0.340 e. The summed E-state index contributed by atoms with van der Waals surface area (Å²) in [4.78, 5) is 0. The summed E-state index contributed by atoms with van der Waals surface area (Å²) in [6.45, 7) is 4.87. The van der Waals surface area contributed by atoms with Crippen LogP contribution < -0.4 is 9.62 Å². The molecule has 0 radical (unpaired) electrons. The number of hydrogen-bond donors (Lipinski definition) is 2. The molecule has 19 heavy (non-hydrogen) atoms. The van der Waals surface area contributed by atoms with E-state index >= 15 is 0 Å². The number of amidine groups is 1. The minimum absolute atomic E-state index is 0.299. The van der Waals surface area contributed by atoms with Gasteiger partial charge in [0.25, 0.3) is 0 Å². The first-order chi connectivity index (χ1) is 8.76. The molecular formula is C12H18ClN3O2S. The van der Waals surface area contributed by atoms with Crippen LogP contribution in [-0.2, 0) is 10.0 Å². The first-order valence-electron chi connectivity index (χ1n) is 5.85. The standard InChI is InChI=1S/C12H18ClN3O2S/c1-9(2)19(17,18)16(10(3)15-12(13)14)11-7-5-4-6-8-11/h4-10H,1-3H3,(H2,14,15). The molecule has 0 amide bonds. The lowest BCUT2D eigenvalue weighted by atomic mass is 10.3. The Balaban J connectivity index is 3.23. The van der Waals surface area contributed by atoms with Gasteiger partial charge < -0.3 is 5.32 Å². The van der Waals surface area contributed by atoms with E-state index in [4.69, 9.17) is 17.0 Å². The lowest BCUT2D eigenvalue weighted by Gasteiger charge is -2.32. The topological polar surface area (TPSA) is 73.3 Å². The van der Waals surface area contributed by atoms with Gasteiger partial charge in [0.2, 0.25) is 10.0 Å². The van der Waals surface area contributed by atoms with Crippen molar-refractivity contribution in [1.82, 2.24) is 5.32 Å². The number of hydrogen-bond acceptors (Lipinski definition) is 3. The van der Waals surface area contributed by atoms with E-state index in [0.717, 1.165) is 0 Å². The third kappa shape index (κ3) is 3.84. The number of rotatable bonds is 5. The van der Waals surface area contributed by atoms with Gasteiger partial charge in [0, 0.05) is 0 Å².